The summed E-state index contributed by atoms with van der Waals surface area (Å²) in [5.41, 5.74) is 6.50. The van der Waals surface area contributed by atoms with Gasteiger partial charge in [0, 0.05) is 11.8 Å². The standard InChI is InChI=1S/C22H22/c1-16-9-13-21(15-18(16)3)22-17(2)10-12-20(22)14-11-19-7-5-4-6-8-19/h4-15,20,22H,2H2,1,3H3/b14-11+/t20-,22+/m0/s1. The highest BCUT2D eigenvalue weighted by atomic mass is 14.3. The van der Waals surface area contributed by atoms with Crippen LogP contribution in [0, 0.1) is 19.8 Å². The molecule has 0 aromatic heterocycles. The largest absolute Gasteiger partial charge is 0.0952 e. The number of hydrogen-bond acceptors (Lipinski definition) is 0. The fourth-order valence-corrected chi connectivity index (χ4v) is 3.05. The van der Waals surface area contributed by atoms with Crippen molar-refractivity contribution >= 4 is 6.08 Å². The quantitative estimate of drug-likeness (QED) is 0.664. The van der Waals surface area contributed by atoms with Gasteiger partial charge < -0.3 is 0 Å². The first-order chi connectivity index (χ1) is 10.6. The van der Waals surface area contributed by atoms with Crippen LogP contribution in [0.2, 0.25) is 0 Å². The molecule has 0 saturated carbocycles. The van der Waals surface area contributed by atoms with Crippen LogP contribution in [0.4, 0.5) is 0 Å². The third-order valence-corrected chi connectivity index (χ3v) is 4.52. The summed E-state index contributed by atoms with van der Waals surface area (Å²) in [6.07, 6.45) is 8.94. The first-order valence-corrected chi connectivity index (χ1v) is 7.82. The van der Waals surface area contributed by atoms with Gasteiger partial charge in [-0.05, 0) is 41.7 Å². The maximum Gasteiger partial charge on any atom is 0.0181 e. The molecule has 0 spiro atoms. The number of rotatable bonds is 3. The van der Waals surface area contributed by atoms with Crippen LogP contribution in [0.5, 0.6) is 0 Å². The van der Waals surface area contributed by atoms with E-state index in [0.29, 0.717) is 11.8 Å². The third kappa shape index (κ3) is 2.96. The van der Waals surface area contributed by atoms with Crippen LogP contribution in [0.1, 0.15) is 28.2 Å². The van der Waals surface area contributed by atoms with Gasteiger partial charge in [-0.25, -0.2) is 0 Å². The lowest BCUT2D eigenvalue weighted by Gasteiger charge is -2.19. The molecule has 0 N–H and O–H groups in total. The van der Waals surface area contributed by atoms with Crippen molar-refractivity contribution in [2.45, 2.75) is 19.8 Å². The summed E-state index contributed by atoms with van der Waals surface area (Å²) < 4.78 is 0. The molecule has 0 fully saturated rings. The molecule has 0 bridgehead atoms. The Hall–Kier alpha value is -2.34. The molecule has 0 aliphatic heterocycles. The predicted molar refractivity (Wildman–Crippen MR) is 95.9 cm³/mol. The van der Waals surface area contributed by atoms with E-state index in [1.165, 1.54) is 27.8 Å². The summed E-state index contributed by atoms with van der Waals surface area (Å²) in [6, 6.07) is 17.2. The molecule has 0 unspecified atom stereocenters. The fraction of sp³-hybridized carbons (Fsp3) is 0.182. The second kappa shape index (κ2) is 6.19. The van der Waals surface area contributed by atoms with E-state index in [-0.39, 0.29) is 0 Å². The molecular formula is C22H22. The van der Waals surface area contributed by atoms with Crippen LogP contribution < -0.4 is 0 Å². The van der Waals surface area contributed by atoms with Crippen molar-refractivity contribution in [3.8, 4) is 0 Å². The van der Waals surface area contributed by atoms with E-state index in [0.717, 1.165) is 0 Å². The SMILES string of the molecule is C=C1C=C[C@@H](/C=C/c2ccccc2)[C@@H]1c1ccc(C)c(C)c1. The molecule has 1 aliphatic rings. The van der Waals surface area contributed by atoms with Crippen molar-refractivity contribution in [3.63, 3.8) is 0 Å². The lowest BCUT2D eigenvalue weighted by atomic mass is 9.84. The Balaban J connectivity index is 1.87. The molecular weight excluding hydrogens is 264 g/mol. The second-order valence-corrected chi connectivity index (χ2v) is 6.10. The zero-order valence-corrected chi connectivity index (χ0v) is 13.3. The summed E-state index contributed by atoms with van der Waals surface area (Å²) >= 11 is 0. The van der Waals surface area contributed by atoms with Gasteiger partial charge in [0.05, 0.1) is 0 Å². The van der Waals surface area contributed by atoms with Crippen LogP contribution in [0.25, 0.3) is 6.08 Å². The fourth-order valence-electron chi connectivity index (χ4n) is 3.05. The van der Waals surface area contributed by atoms with Crippen molar-refractivity contribution in [2.24, 2.45) is 5.92 Å². The molecule has 2 aromatic rings. The van der Waals surface area contributed by atoms with Crippen molar-refractivity contribution in [3.05, 3.63) is 101 Å². The molecule has 0 nitrogen and oxygen atoms in total. The minimum absolute atomic E-state index is 0.360. The lowest BCUT2D eigenvalue weighted by Crippen LogP contribution is -2.06. The average molecular weight is 286 g/mol. The molecule has 1 aliphatic carbocycles. The Morgan fingerprint density at radius 1 is 0.955 bits per heavy atom. The topological polar surface area (TPSA) is 0 Å². The van der Waals surface area contributed by atoms with Gasteiger partial charge in [-0.2, -0.15) is 0 Å². The van der Waals surface area contributed by atoms with Crippen LogP contribution in [-0.4, -0.2) is 0 Å². The van der Waals surface area contributed by atoms with Crippen LogP contribution >= 0.6 is 0 Å². The molecule has 2 atom stereocenters. The molecule has 22 heavy (non-hydrogen) atoms. The van der Waals surface area contributed by atoms with Crippen molar-refractivity contribution in [1.82, 2.24) is 0 Å². The van der Waals surface area contributed by atoms with E-state index in [1.54, 1.807) is 0 Å². The molecule has 0 saturated heterocycles. The molecule has 110 valence electrons. The van der Waals surface area contributed by atoms with E-state index in [1.807, 2.05) is 6.07 Å². The van der Waals surface area contributed by atoms with Gasteiger partial charge in [0.25, 0.3) is 0 Å². The Morgan fingerprint density at radius 2 is 1.73 bits per heavy atom. The number of hydrogen-bond donors (Lipinski definition) is 0. The highest BCUT2D eigenvalue weighted by Crippen LogP contribution is 2.39. The van der Waals surface area contributed by atoms with Crippen LogP contribution in [0.15, 0.2) is 78.9 Å². The van der Waals surface area contributed by atoms with Crippen molar-refractivity contribution < 1.29 is 0 Å². The maximum absolute atomic E-state index is 4.25. The minimum atomic E-state index is 0.360. The monoisotopic (exact) mass is 286 g/mol. The molecule has 0 heteroatoms. The normalized spacial score (nSPS) is 20.9. The first-order valence-electron chi connectivity index (χ1n) is 7.82. The lowest BCUT2D eigenvalue weighted by molar-refractivity contribution is 0.718. The van der Waals surface area contributed by atoms with Gasteiger partial charge in [0.15, 0.2) is 0 Å². The van der Waals surface area contributed by atoms with E-state index in [2.05, 4.69) is 87.2 Å². The van der Waals surface area contributed by atoms with Gasteiger partial charge in [-0.15, -0.1) is 0 Å². The molecule has 0 amide bonds. The van der Waals surface area contributed by atoms with E-state index < -0.39 is 0 Å². The maximum atomic E-state index is 4.25. The Bertz CT molecular complexity index is 732. The minimum Gasteiger partial charge on any atom is -0.0952 e. The summed E-state index contributed by atoms with van der Waals surface area (Å²) in [7, 11) is 0. The number of aryl methyl sites for hydroxylation is 2. The van der Waals surface area contributed by atoms with E-state index in [4.69, 9.17) is 0 Å². The van der Waals surface area contributed by atoms with Gasteiger partial charge in [0.1, 0.15) is 0 Å². The average Bonchev–Trinajstić information content (AvgIpc) is 2.90. The van der Waals surface area contributed by atoms with Gasteiger partial charge in [0.2, 0.25) is 0 Å². The highest BCUT2D eigenvalue weighted by molar-refractivity contribution is 5.53. The zero-order chi connectivity index (χ0) is 15.5. The predicted octanol–water partition coefficient (Wildman–Crippen LogP) is 5.84. The summed E-state index contributed by atoms with van der Waals surface area (Å²) in [6.45, 7) is 8.59. The summed E-state index contributed by atoms with van der Waals surface area (Å²) in [5, 5.41) is 0. The first kappa shape index (κ1) is 14.6. The highest BCUT2D eigenvalue weighted by Gasteiger charge is 2.25. The Morgan fingerprint density at radius 3 is 2.45 bits per heavy atom. The van der Waals surface area contributed by atoms with Crippen LogP contribution in [0.3, 0.4) is 0 Å². The van der Waals surface area contributed by atoms with Gasteiger partial charge in [-0.1, -0.05) is 79.4 Å². The summed E-state index contributed by atoms with van der Waals surface area (Å²) in [5.74, 6) is 0.745. The smallest absolute Gasteiger partial charge is 0.0181 e. The molecule has 0 radical (unpaired) electrons. The van der Waals surface area contributed by atoms with Gasteiger partial charge in [-0.3, -0.25) is 0 Å². The van der Waals surface area contributed by atoms with E-state index in [9.17, 15) is 0 Å². The molecule has 0 heterocycles. The Kier molecular flexibility index (Phi) is 4.11. The third-order valence-electron chi connectivity index (χ3n) is 4.52. The van der Waals surface area contributed by atoms with Crippen LogP contribution in [-0.2, 0) is 0 Å². The van der Waals surface area contributed by atoms with Crippen molar-refractivity contribution in [2.75, 3.05) is 0 Å². The molecule has 2 aromatic carbocycles. The summed E-state index contributed by atoms with van der Waals surface area (Å²) in [4.78, 5) is 0. The second-order valence-electron chi connectivity index (χ2n) is 6.10. The number of allylic oxidation sites excluding steroid dienone is 4. The number of benzene rings is 2. The molecule has 3 rings (SSSR count). The Labute approximate surface area is 133 Å². The van der Waals surface area contributed by atoms with Gasteiger partial charge >= 0.3 is 0 Å². The zero-order valence-electron chi connectivity index (χ0n) is 13.3. The van der Waals surface area contributed by atoms with Crippen molar-refractivity contribution in [1.29, 1.82) is 0 Å². The van der Waals surface area contributed by atoms with E-state index >= 15 is 0 Å².